The Kier molecular flexibility index (Phi) is 3.59. The summed E-state index contributed by atoms with van der Waals surface area (Å²) in [4.78, 5) is 0.113. The molecule has 2 rings (SSSR count). The molecule has 5 heteroatoms. The van der Waals surface area contributed by atoms with E-state index in [9.17, 15) is 8.42 Å². The summed E-state index contributed by atoms with van der Waals surface area (Å²) in [5, 5.41) is 0.158. The fraction of sp³-hybridized carbons (Fsp3) is 0.0769. The van der Waals surface area contributed by atoms with E-state index in [1.165, 1.54) is 18.2 Å². The number of sulfone groups is 1. The van der Waals surface area contributed by atoms with E-state index < -0.39 is 9.84 Å². The predicted octanol–water partition coefficient (Wildman–Crippen LogP) is 2.90. The highest BCUT2D eigenvalue weighted by Gasteiger charge is 2.18. The lowest BCUT2D eigenvalue weighted by molar-refractivity contribution is 0.595. The van der Waals surface area contributed by atoms with Crippen molar-refractivity contribution >= 4 is 27.1 Å². The van der Waals surface area contributed by atoms with Crippen LogP contribution in [0.1, 0.15) is 5.56 Å². The highest BCUT2D eigenvalue weighted by Crippen LogP contribution is 2.26. The molecule has 2 aromatic carbocycles. The normalized spacial score (nSPS) is 11.4. The van der Waals surface area contributed by atoms with Crippen LogP contribution in [0.5, 0.6) is 0 Å². The number of halogens is 1. The Labute approximate surface area is 111 Å². The van der Waals surface area contributed by atoms with Crippen molar-refractivity contribution in [2.24, 2.45) is 0 Å². The zero-order valence-corrected chi connectivity index (χ0v) is 11.1. The third-order valence-electron chi connectivity index (χ3n) is 2.49. The number of hydrogen-bond donors (Lipinski definition) is 1. The molecule has 94 valence electrons. The second-order valence-corrected chi connectivity index (χ2v) is 6.30. The molecular weight excluding hydrogens is 270 g/mol. The first kappa shape index (κ1) is 12.9. The van der Waals surface area contributed by atoms with E-state index >= 15 is 0 Å². The summed E-state index contributed by atoms with van der Waals surface area (Å²) >= 11 is 5.92. The zero-order chi connectivity index (χ0) is 13.2. The maximum Gasteiger partial charge on any atom is 0.183 e. The Balaban J connectivity index is 2.37. The van der Waals surface area contributed by atoms with E-state index in [0.29, 0.717) is 5.69 Å². The lowest BCUT2D eigenvalue weighted by Crippen LogP contribution is -2.06. The van der Waals surface area contributed by atoms with Crippen molar-refractivity contribution in [3.05, 3.63) is 59.1 Å². The molecule has 18 heavy (non-hydrogen) atoms. The molecular formula is C13H12ClNO2S. The van der Waals surface area contributed by atoms with Crippen LogP contribution in [0.4, 0.5) is 5.69 Å². The molecule has 0 heterocycles. The van der Waals surface area contributed by atoms with Gasteiger partial charge >= 0.3 is 0 Å². The molecule has 0 aliphatic carbocycles. The Morgan fingerprint density at radius 1 is 1.06 bits per heavy atom. The molecule has 0 saturated heterocycles. The minimum Gasteiger partial charge on any atom is -0.399 e. The van der Waals surface area contributed by atoms with Gasteiger partial charge in [0, 0.05) is 5.69 Å². The Morgan fingerprint density at radius 3 is 2.33 bits per heavy atom. The van der Waals surface area contributed by atoms with E-state index in [4.69, 9.17) is 17.3 Å². The Bertz CT molecular complexity index is 654. The number of nitrogen functional groups attached to an aromatic ring is 1. The molecule has 0 aliphatic rings. The van der Waals surface area contributed by atoms with E-state index in [1.54, 1.807) is 24.3 Å². The van der Waals surface area contributed by atoms with Gasteiger partial charge < -0.3 is 5.73 Å². The maximum absolute atomic E-state index is 12.2. The third-order valence-corrected chi connectivity index (χ3v) is 4.65. The molecule has 0 atom stereocenters. The molecule has 0 saturated carbocycles. The molecule has 0 radical (unpaired) electrons. The highest BCUT2D eigenvalue weighted by molar-refractivity contribution is 7.90. The van der Waals surface area contributed by atoms with Crippen LogP contribution in [0.2, 0.25) is 5.02 Å². The van der Waals surface area contributed by atoms with E-state index in [1.807, 2.05) is 6.07 Å². The quantitative estimate of drug-likeness (QED) is 0.880. The van der Waals surface area contributed by atoms with Crippen LogP contribution in [-0.4, -0.2) is 8.42 Å². The standard InChI is InChI=1S/C13H12ClNO2S/c14-12-8-11(15)6-7-13(12)18(16,17)9-10-4-2-1-3-5-10/h1-8H,9,15H2. The number of anilines is 1. The summed E-state index contributed by atoms with van der Waals surface area (Å²) in [7, 11) is -3.45. The summed E-state index contributed by atoms with van der Waals surface area (Å²) < 4.78 is 24.4. The first-order valence-electron chi connectivity index (χ1n) is 5.31. The van der Waals surface area contributed by atoms with Crippen molar-refractivity contribution in [1.82, 2.24) is 0 Å². The lowest BCUT2D eigenvalue weighted by atomic mass is 10.2. The monoisotopic (exact) mass is 281 g/mol. The number of rotatable bonds is 3. The van der Waals surface area contributed by atoms with Crippen molar-refractivity contribution in [2.75, 3.05) is 5.73 Å². The maximum atomic E-state index is 12.2. The average Bonchev–Trinajstić information content (AvgIpc) is 2.29. The summed E-state index contributed by atoms with van der Waals surface area (Å²) in [6, 6.07) is 13.4. The van der Waals surface area contributed by atoms with Crippen molar-refractivity contribution in [3.63, 3.8) is 0 Å². The summed E-state index contributed by atoms with van der Waals surface area (Å²) in [5.74, 6) is -0.0719. The van der Waals surface area contributed by atoms with E-state index in [-0.39, 0.29) is 15.7 Å². The minimum absolute atomic E-state index is 0.0719. The summed E-state index contributed by atoms with van der Waals surface area (Å²) in [6.07, 6.45) is 0. The number of hydrogen-bond acceptors (Lipinski definition) is 3. The molecule has 0 unspecified atom stereocenters. The van der Waals surface area contributed by atoms with E-state index in [0.717, 1.165) is 5.56 Å². The summed E-state index contributed by atoms with van der Waals surface area (Å²) in [5.41, 5.74) is 6.71. The van der Waals surface area contributed by atoms with Gasteiger partial charge in [-0.15, -0.1) is 0 Å². The Morgan fingerprint density at radius 2 is 1.72 bits per heavy atom. The molecule has 0 spiro atoms. The van der Waals surface area contributed by atoms with Gasteiger partial charge in [0.2, 0.25) is 0 Å². The van der Waals surface area contributed by atoms with E-state index in [2.05, 4.69) is 0 Å². The van der Waals surface area contributed by atoms with Gasteiger partial charge in [-0.25, -0.2) is 8.42 Å². The SMILES string of the molecule is Nc1ccc(S(=O)(=O)Cc2ccccc2)c(Cl)c1. The van der Waals surface area contributed by atoms with Crippen LogP contribution in [0.15, 0.2) is 53.4 Å². The lowest BCUT2D eigenvalue weighted by Gasteiger charge is -2.07. The van der Waals surface area contributed by atoms with Gasteiger partial charge in [0.1, 0.15) is 0 Å². The largest absolute Gasteiger partial charge is 0.399 e. The van der Waals surface area contributed by atoms with Gasteiger partial charge in [0.25, 0.3) is 0 Å². The van der Waals surface area contributed by atoms with Gasteiger partial charge in [-0.05, 0) is 23.8 Å². The smallest absolute Gasteiger partial charge is 0.183 e. The molecule has 0 aromatic heterocycles. The topological polar surface area (TPSA) is 60.2 Å². The molecule has 0 amide bonds. The number of nitrogens with two attached hydrogens (primary N) is 1. The van der Waals surface area contributed by atoms with Crippen molar-refractivity contribution in [3.8, 4) is 0 Å². The summed E-state index contributed by atoms with van der Waals surface area (Å²) in [6.45, 7) is 0. The zero-order valence-electron chi connectivity index (χ0n) is 9.51. The first-order valence-corrected chi connectivity index (χ1v) is 7.34. The van der Waals surface area contributed by atoms with Crippen molar-refractivity contribution in [1.29, 1.82) is 0 Å². The van der Waals surface area contributed by atoms with Gasteiger partial charge in [0.05, 0.1) is 15.7 Å². The van der Waals surface area contributed by atoms with Gasteiger partial charge in [-0.1, -0.05) is 41.9 Å². The van der Waals surface area contributed by atoms with Crippen LogP contribution in [0.25, 0.3) is 0 Å². The third kappa shape index (κ3) is 2.83. The van der Waals surface area contributed by atoms with Crippen LogP contribution >= 0.6 is 11.6 Å². The van der Waals surface area contributed by atoms with Crippen LogP contribution in [0.3, 0.4) is 0 Å². The second kappa shape index (κ2) is 5.00. The fourth-order valence-electron chi connectivity index (χ4n) is 1.64. The molecule has 0 fully saturated rings. The molecule has 0 bridgehead atoms. The van der Waals surface area contributed by atoms with Crippen LogP contribution < -0.4 is 5.73 Å². The van der Waals surface area contributed by atoms with Crippen molar-refractivity contribution in [2.45, 2.75) is 10.6 Å². The van der Waals surface area contributed by atoms with Crippen LogP contribution in [-0.2, 0) is 15.6 Å². The second-order valence-electron chi connectivity index (χ2n) is 3.93. The average molecular weight is 282 g/mol. The van der Waals surface area contributed by atoms with Gasteiger partial charge in [-0.3, -0.25) is 0 Å². The van der Waals surface area contributed by atoms with Crippen molar-refractivity contribution < 1.29 is 8.42 Å². The number of benzene rings is 2. The molecule has 2 N–H and O–H groups in total. The minimum atomic E-state index is -3.45. The predicted molar refractivity (Wildman–Crippen MR) is 73.2 cm³/mol. The van der Waals surface area contributed by atoms with Crippen LogP contribution in [0, 0.1) is 0 Å². The molecule has 0 aliphatic heterocycles. The molecule has 3 nitrogen and oxygen atoms in total. The first-order chi connectivity index (χ1) is 8.49. The molecule has 2 aromatic rings. The fourth-order valence-corrected chi connectivity index (χ4v) is 3.60. The van der Waals surface area contributed by atoms with Gasteiger partial charge in [0.15, 0.2) is 9.84 Å². The highest BCUT2D eigenvalue weighted by atomic mass is 35.5. The van der Waals surface area contributed by atoms with Gasteiger partial charge in [-0.2, -0.15) is 0 Å². The Hall–Kier alpha value is -1.52.